The molecule has 1 rings (SSSR count). The molecule has 0 radical (unpaired) electrons. The Morgan fingerprint density at radius 2 is 1.26 bits per heavy atom. The van der Waals surface area contributed by atoms with Gasteiger partial charge >= 0.3 is 125 Å². The zero-order chi connectivity index (χ0) is 15.5. The van der Waals surface area contributed by atoms with Crippen LogP contribution in [0, 0.1) is 0 Å². The molecule has 0 atom stereocenters. The van der Waals surface area contributed by atoms with E-state index in [9.17, 15) is 0 Å². The van der Waals surface area contributed by atoms with Crippen LogP contribution in [0.1, 0.15) is 20.8 Å². The molecule has 0 saturated carbocycles. The van der Waals surface area contributed by atoms with Gasteiger partial charge < -0.3 is 0 Å². The minimum atomic E-state index is -2.34. The molecule has 112 valence electrons. The van der Waals surface area contributed by atoms with Crippen molar-refractivity contribution in [1.82, 2.24) is 3.97 Å². The average Bonchev–Trinajstić information content (AvgIpc) is 2.32. The van der Waals surface area contributed by atoms with Crippen LogP contribution in [0.5, 0.6) is 0 Å². The van der Waals surface area contributed by atoms with Gasteiger partial charge in [-0.1, -0.05) is 0 Å². The van der Waals surface area contributed by atoms with Crippen molar-refractivity contribution in [2.24, 2.45) is 10.3 Å². The quantitative estimate of drug-likeness (QED) is 0.656. The Morgan fingerprint density at radius 1 is 0.895 bits per heavy atom. The normalized spacial score (nSPS) is 23.0. The molecule has 0 aliphatic carbocycles. The van der Waals surface area contributed by atoms with Crippen LogP contribution in [0.15, 0.2) is 10.3 Å². The van der Waals surface area contributed by atoms with Crippen molar-refractivity contribution in [1.29, 1.82) is 0 Å². The molecule has 0 fully saturated rings. The van der Waals surface area contributed by atoms with E-state index >= 15 is 0 Å². The topological polar surface area (TPSA) is 28.0 Å². The van der Waals surface area contributed by atoms with Gasteiger partial charge in [-0.05, 0) is 0 Å². The molecule has 0 aromatic heterocycles. The third-order valence-electron chi connectivity index (χ3n) is 4.51. The Bertz CT molecular complexity index is 372. The van der Waals surface area contributed by atoms with E-state index in [0.29, 0.717) is 0 Å². The Kier molecular flexibility index (Phi) is 4.07. The number of hydrogen-bond acceptors (Lipinski definition) is 3. The van der Waals surface area contributed by atoms with E-state index < -0.39 is 29.6 Å². The van der Waals surface area contributed by atoms with Crippen molar-refractivity contribution in [2.45, 2.75) is 80.7 Å². The average molecular weight is 360 g/mol. The van der Waals surface area contributed by atoms with Gasteiger partial charge in [-0.3, -0.25) is 0 Å². The molecule has 19 heavy (non-hydrogen) atoms. The van der Waals surface area contributed by atoms with Crippen LogP contribution < -0.4 is 0 Å². The maximum atomic E-state index is 5.07. The Balaban J connectivity index is 3.52. The van der Waals surface area contributed by atoms with Crippen molar-refractivity contribution in [3.05, 3.63) is 0 Å². The van der Waals surface area contributed by atoms with Gasteiger partial charge in [0.15, 0.2) is 0 Å². The van der Waals surface area contributed by atoms with Gasteiger partial charge in [-0.25, -0.2) is 0 Å². The second-order valence-corrected chi connectivity index (χ2v) is 31.4. The standard InChI is InChI=1S/C13H33GeN3Si2/c1-12(2,3)17-14(4,5)13(15-16-17,18(6,7)8)19(9,10)11/h1-11H3. The van der Waals surface area contributed by atoms with Crippen LogP contribution in [0.3, 0.4) is 0 Å². The SMILES string of the molecule is CC(C)(C)[N]1N=N[C]([Si](C)(C)C)([Si](C)(C)C)[Ge]1([CH3])[CH3]. The Hall–Kier alpha value is 0.377. The van der Waals surface area contributed by atoms with Crippen molar-refractivity contribution >= 4 is 29.6 Å². The van der Waals surface area contributed by atoms with Crippen LogP contribution in [0.4, 0.5) is 0 Å². The van der Waals surface area contributed by atoms with E-state index in [2.05, 4.69) is 75.5 Å². The first-order valence-corrected chi connectivity index (χ1v) is 20.5. The third kappa shape index (κ3) is 2.39. The van der Waals surface area contributed by atoms with Gasteiger partial charge in [0.1, 0.15) is 0 Å². The molecule has 1 aliphatic rings. The van der Waals surface area contributed by atoms with Crippen molar-refractivity contribution in [2.75, 3.05) is 0 Å². The second kappa shape index (κ2) is 4.43. The van der Waals surface area contributed by atoms with E-state index in [4.69, 9.17) is 10.3 Å². The molecular weight excluding hydrogens is 327 g/mol. The summed E-state index contributed by atoms with van der Waals surface area (Å²) < 4.78 is 2.69. The Labute approximate surface area is 124 Å². The van der Waals surface area contributed by atoms with Gasteiger partial charge in [0, 0.05) is 0 Å². The minimum absolute atomic E-state index is 0.105. The van der Waals surface area contributed by atoms with E-state index in [1.807, 2.05) is 0 Å². The molecular formula is C13H33GeN3Si2. The fraction of sp³-hybridized carbons (Fsp3) is 1.00. The second-order valence-electron chi connectivity index (χ2n) is 9.44. The van der Waals surface area contributed by atoms with Crippen molar-refractivity contribution in [3.8, 4) is 0 Å². The number of hydrogen-bond donors (Lipinski definition) is 0. The summed E-state index contributed by atoms with van der Waals surface area (Å²) in [5.74, 6) is 5.09. The monoisotopic (exact) mass is 361 g/mol. The molecule has 0 amide bonds. The van der Waals surface area contributed by atoms with Crippen LogP contribution in [0.25, 0.3) is 0 Å². The third-order valence-corrected chi connectivity index (χ3v) is 37.1. The number of nitrogens with zero attached hydrogens (tertiary/aromatic N) is 3. The van der Waals surface area contributed by atoms with Crippen LogP contribution in [-0.2, 0) is 0 Å². The van der Waals surface area contributed by atoms with E-state index in [1.165, 1.54) is 0 Å². The zero-order valence-electron chi connectivity index (χ0n) is 14.8. The Morgan fingerprint density at radius 3 is 1.42 bits per heavy atom. The van der Waals surface area contributed by atoms with Gasteiger partial charge in [0.05, 0.1) is 0 Å². The molecule has 0 spiro atoms. The van der Waals surface area contributed by atoms with Crippen molar-refractivity contribution in [3.63, 3.8) is 0 Å². The molecule has 0 N–H and O–H groups in total. The fourth-order valence-electron chi connectivity index (χ4n) is 4.73. The summed E-state index contributed by atoms with van der Waals surface area (Å²) in [6.45, 7) is 21.9. The summed E-state index contributed by atoms with van der Waals surface area (Å²) >= 11 is -2.34. The maximum absolute atomic E-state index is 5.07. The first-order valence-electron chi connectivity index (χ1n) is 7.32. The van der Waals surface area contributed by atoms with E-state index in [1.54, 1.807) is 0 Å². The summed E-state index contributed by atoms with van der Waals surface area (Å²) in [7, 11) is -2.85. The van der Waals surface area contributed by atoms with Crippen LogP contribution in [0.2, 0.25) is 50.8 Å². The first kappa shape index (κ1) is 17.4. The number of rotatable bonds is 2. The molecule has 0 saturated heterocycles. The molecule has 1 aliphatic heterocycles. The summed E-state index contributed by atoms with van der Waals surface area (Å²) in [6, 6.07) is 0. The van der Waals surface area contributed by atoms with E-state index in [-0.39, 0.29) is 9.16 Å². The zero-order valence-corrected chi connectivity index (χ0v) is 18.9. The molecule has 0 bridgehead atoms. The van der Waals surface area contributed by atoms with Gasteiger partial charge in [0.2, 0.25) is 0 Å². The molecule has 0 aromatic carbocycles. The summed E-state index contributed by atoms with van der Waals surface area (Å²) in [5.41, 5.74) is 0.105. The van der Waals surface area contributed by atoms with Crippen LogP contribution in [-0.4, -0.2) is 42.8 Å². The van der Waals surface area contributed by atoms with Gasteiger partial charge in [-0.2, -0.15) is 0 Å². The van der Waals surface area contributed by atoms with Crippen molar-refractivity contribution < 1.29 is 0 Å². The molecule has 1 heterocycles. The molecule has 3 nitrogen and oxygen atoms in total. The fourth-order valence-corrected chi connectivity index (χ4v) is 47.6. The van der Waals surface area contributed by atoms with E-state index in [0.717, 1.165) is 0 Å². The molecule has 0 aromatic rings. The molecule has 6 heteroatoms. The summed E-state index contributed by atoms with van der Waals surface area (Å²) in [5, 5.41) is 9.83. The van der Waals surface area contributed by atoms with Crippen LogP contribution >= 0.6 is 0 Å². The predicted octanol–water partition coefficient (Wildman–Crippen LogP) is 4.71. The summed E-state index contributed by atoms with van der Waals surface area (Å²) in [4.78, 5) is 0. The van der Waals surface area contributed by atoms with Gasteiger partial charge in [-0.15, -0.1) is 0 Å². The molecule has 0 unspecified atom stereocenters. The first-order chi connectivity index (χ1) is 8.09. The van der Waals surface area contributed by atoms with Gasteiger partial charge in [0.25, 0.3) is 0 Å². The predicted molar refractivity (Wildman–Crippen MR) is 93.4 cm³/mol. The summed E-state index contributed by atoms with van der Waals surface area (Å²) in [6.07, 6.45) is 0.